The first-order chi connectivity index (χ1) is 31.6. The van der Waals surface area contributed by atoms with Gasteiger partial charge in [-0.2, -0.15) is 0 Å². The van der Waals surface area contributed by atoms with Gasteiger partial charge in [-0.1, -0.05) is 170 Å². The highest BCUT2D eigenvalue weighted by atomic mass is 15.2. The van der Waals surface area contributed by atoms with E-state index in [-0.39, 0.29) is 37.9 Å². The molecule has 0 unspecified atom stereocenters. The van der Waals surface area contributed by atoms with Crippen LogP contribution in [0.5, 0.6) is 0 Å². The molecule has 10 rings (SSSR count). The lowest BCUT2D eigenvalue weighted by atomic mass is 9.56. The normalized spacial score (nSPS) is 22.5. The van der Waals surface area contributed by atoms with Crippen molar-refractivity contribution >= 4 is 46.5 Å². The van der Waals surface area contributed by atoms with E-state index in [0.717, 1.165) is 31.5 Å². The maximum Gasteiger partial charge on any atom is 0.198 e. The lowest BCUT2D eigenvalue weighted by molar-refractivity contribution is 0.323. The molecule has 352 valence electrons. The van der Waals surface area contributed by atoms with Crippen LogP contribution in [0.1, 0.15) is 186 Å². The number of nitrogens with zero attached hydrogens (tertiary/aromatic N) is 1. The Labute approximate surface area is 412 Å². The van der Waals surface area contributed by atoms with Crippen molar-refractivity contribution in [3.05, 3.63) is 159 Å². The molecule has 2 nitrogen and oxygen atoms in total. The Morgan fingerprint density at radius 3 is 1.82 bits per heavy atom. The number of fused-ring (bicyclic) bond motifs is 8. The summed E-state index contributed by atoms with van der Waals surface area (Å²) in [6, 6.07) is 31.5. The highest BCUT2D eigenvalue weighted by Crippen LogP contribution is 2.56. The van der Waals surface area contributed by atoms with Crippen molar-refractivity contribution < 1.29 is 0 Å². The first-order valence-corrected chi connectivity index (χ1v) is 26.0. The predicted molar refractivity (Wildman–Crippen MR) is 297 cm³/mol. The van der Waals surface area contributed by atoms with Crippen LogP contribution in [-0.4, -0.2) is 7.28 Å². The van der Waals surface area contributed by atoms with E-state index < -0.39 is 0 Å². The molecule has 1 aliphatic heterocycles. The van der Waals surface area contributed by atoms with Gasteiger partial charge in [0.2, 0.25) is 0 Å². The van der Waals surface area contributed by atoms with Gasteiger partial charge in [0, 0.05) is 39.4 Å². The summed E-state index contributed by atoms with van der Waals surface area (Å²) in [4.78, 5) is 2.75. The lowest BCUT2D eigenvalue weighted by Crippen LogP contribution is -2.44. The Balaban J connectivity index is 1.24. The Morgan fingerprint density at radius 2 is 1.15 bits per heavy atom. The van der Waals surface area contributed by atoms with Crippen LogP contribution in [-0.2, 0) is 27.1 Å². The lowest BCUT2D eigenvalue weighted by Gasteiger charge is -2.44. The third-order valence-corrected chi connectivity index (χ3v) is 18.2. The van der Waals surface area contributed by atoms with Gasteiger partial charge in [-0.25, -0.2) is 0 Å². The van der Waals surface area contributed by atoms with Crippen LogP contribution >= 0.6 is 0 Å². The second-order valence-electron chi connectivity index (χ2n) is 26.6. The minimum absolute atomic E-state index is 0.0613. The van der Waals surface area contributed by atoms with Gasteiger partial charge in [-0.15, -0.1) is 0 Å². The van der Waals surface area contributed by atoms with E-state index in [0.29, 0.717) is 0 Å². The van der Waals surface area contributed by atoms with Gasteiger partial charge in [-0.05, 0) is 187 Å². The zero-order valence-corrected chi connectivity index (χ0v) is 44.8. The molecule has 0 fully saturated rings. The van der Waals surface area contributed by atoms with Crippen LogP contribution < -0.4 is 21.1 Å². The average molecular weight is 899 g/mol. The van der Waals surface area contributed by atoms with E-state index in [9.17, 15) is 0 Å². The molecule has 0 saturated carbocycles. The number of allylic oxidation sites excluding steroid dienone is 4. The topological polar surface area (TPSA) is 15.3 Å². The molecule has 0 bridgehead atoms. The summed E-state index contributed by atoms with van der Waals surface area (Å²) in [5, 5.41) is 4.17. The average Bonchev–Trinajstić information content (AvgIpc) is 3.51. The van der Waals surface area contributed by atoms with Crippen LogP contribution in [0.15, 0.2) is 109 Å². The van der Waals surface area contributed by atoms with Crippen molar-refractivity contribution in [1.82, 2.24) is 0 Å². The first-order valence-electron chi connectivity index (χ1n) is 26.0. The minimum atomic E-state index is -0.182. The maximum atomic E-state index is 4.86. The maximum absolute atomic E-state index is 4.86. The largest absolute Gasteiger partial charge is 0.355 e. The Kier molecular flexibility index (Phi) is 10.5. The van der Waals surface area contributed by atoms with Crippen molar-refractivity contribution in [3.8, 4) is 11.1 Å². The van der Waals surface area contributed by atoms with Crippen molar-refractivity contribution in [2.45, 2.75) is 176 Å². The minimum Gasteiger partial charge on any atom is -0.355 e. The first kappa shape index (κ1) is 46.7. The van der Waals surface area contributed by atoms with E-state index >= 15 is 0 Å². The molecule has 1 heterocycles. The molecule has 5 aromatic carbocycles. The second kappa shape index (κ2) is 15.2. The summed E-state index contributed by atoms with van der Waals surface area (Å²) in [5.41, 5.74) is 27.1. The molecule has 0 aromatic heterocycles. The number of aryl methyl sites for hydroxylation is 2. The number of nitrogens with one attached hydrogen (secondary N) is 1. The van der Waals surface area contributed by atoms with E-state index in [2.05, 4.69) is 212 Å². The number of hydrogen-bond acceptors (Lipinski definition) is 2. The van der Waals surface area contributed by atoms with Crippen LogP contribution in [0.3, 0.4) is 0 Å². The van der Waals surface area contributed by atoms with Crippen molar-refractivity contribution in [2.75, 3.05) is 10.2 Å². The molecule has 0 amide bonds. The van der Waals surface area contributed by atoms with E-state index in [1.807, 2.05) is 0 Å². The number of anilines is 4. The van der Waals surface area contributed by atoms with E-state index in [1.54, 1.807) is 0 Å². The molecule has 1 N–H and O–H groups in total. The van der Waals surface area contributed by atoms with Gasteiger partial charge in [-0.3, -0.25) is 0 Å². The second-order valence-corrected chi connectivity index (χ2v) is 26.6. The van der Waals surface area contributed by atoms with Crippen LogP contribution in [0.25, 0.3) is 16.7 Å². The van der Waals surface area contributed by atoms with Gasteiger partial charge >= 0.3 is 0 Å². The third-order valence-electron chi connectivity index (χ3n) is 18.2. The molecule has 0 atom stereocenters. The number of hydrogen-bond donors (Lipinski definition) is 1. The predicted octanol–water partition coefficient (Wildman–Crippen LogP) is 16.3. The molecule has 5 aromatic rings. The van der Waals surface area contributed by atoms with Crippen LogP contribution in [0.4, 0.5) is 22.7 Å². The summed E-state index contributed by atoms with van der Waals surface area (Å²) in [5.74, 6) is 0. The smallest absolute Gasteiger partial charge is 0.198 e. The summed E-state index contributed by atoms with van der Waals surface area (Å²) in [6.45, 7) is 43.7. The molecule has 3 heteroatoms. The summed E-state index contributed by atoms with van der Waals surface area (Å²) in [6.07, 6.45) is 11.9. The van der Waals surface area contributed by atoms with Crippen LogP contribution in [0.2, 0.25) is 0 Å². The highest BCUT2D eigenvalue weighted by Gasteiger charge is 2.44. The highest BCUT2D eigenvalue weighted by molar-refractivity contribution is 6.73. The monoisotopic (exact) mass is 899 g/mol. The molecule has 68 heavy (non-hydrogen) atoms. The molecule has 4 aliphatic carbocycles. The Hall–Kier alpha value is -5.02. The molecular weight excluding hydrogens is 820 g/mol. The number of rotatable bonds is 4. The SMILES string of the molecule is C=C1/C=C(/Nc2ccc3c(c2)C(C)(C)CCC3(C)C)C(c2cc(C)cc3c2Bc2ccc4c(c2N3c2cc3c(cc2C)C(C)(C)CCC3(C)C)C(C)(C)c2ccccc2-4)=CC(C)(C)CCC1(C)C. The molecule has 5 aliphatic rings. The van der Waals surface area contributed by atoms with Gasteiger partial charge in [0.05, 0.1) is 0 Å². The van der Waals surface area contributed by atoms with Crippen molar-refractivity contribution in [3.63, 3.8) is 0 Å². The van der Waals surface area contributed by atoms with Gasteiger partial charge in [0.15, 0.2) is 7.28 Å². The van der Waals surface area contributed by atoms with E-state index in [1.165, 1.54) is 126 Å². The molecule has 0 spiro atoms. The van der Waals surface area contributed by atoms with Crippen LogP contribution in [0, 0.1) is 24.7 Å². The zero-order valence-electron chi connectivity index (χ0n) is 44.8. The van der Waals surface area contributed by atoms with Gasteiger partial charge in [0.1, 0.15) is 0 Å². The quantitative estimate of drug-likeness (QED) is 0.177. The molecule has 0 saturated heterocycles. The fourth-order valence-corrected chi connectivity index (χ4v) is 13.2. The van der Waals surface area contributed by atoms with Gasteiger partial charge in [0.25, 0.3) is 0 Å². The van der Waals surface area contributed by atoms with Crippen molar-refractivity contribution in [2.24, 2.45) is 10.8 Å². The third kappa shape index (κ3) is 7.42. The fraction of sp³-hybridized carbons (Fsp3) is 0.446. The van der Waals surface area contributed by atoms with Gasteiger partial charge < -0.3 is 10.2 Å². The van der Waals surface area contributed by atoms with Crippen molar-refractivity contribution in [1.29, 1.82) is 0 Å². The summed E-state index contributed by atoms with van der Waals surface area (Å²) < 4.78 is 0. The Morgan fingerprint density at radius 1 is 0.544 bits per heavy atom. The standard InChI is InChI=1S/C65H79BN2/c1-39-32-45(46-38-59(4,5)26-27-60(6,7)41(3)35-53(46)67-42-22-24-48-50(36-42)63(12,13)29-28-61(48,8)9)57-55(33-39)68(54-37-51-49(34-40(54)2)62(10,11)30-31-64(51,14)15)58-52(66-57)25-23-44-43-20-18-19-21-47(43)65(16,17)56(44)58/h18-25,32-38,66-67H,3,26-31H2,1-2,4-17H3/b46-38?,53-35+. The fourth-order valence-electron chi connectivity index (χ4n) is 13.2. The summed E-state index contributed by atoms with van der Waals surface area (Å²) >= 11 is 0. The zero-order chi connectivity index (χ0) is 48.9. The Bertz CT molecular complexity index is 3030. The summed E-state index contributed by atoms with van der Waals surface area (Å²) in [7, 11) is 0.846. The van der Waals surface area contributed by atoms with E-state index in [4.69, 9.17) is 6.58 Å². The number of benzene rings is 5. The molecule has 0 radical (unpaired) electrons. The molecular formula is C65H79BN2.